The van der Waals surface area contributed by atoms with Crippen molar-refractivity contribution in [1.29, 1.82) is 5.41 Å². The van der Waals surface area contributed by atoms with Gasteiger partial charge in [0.25, 0.3) is 0 Å². The van der Waals surface area contributed by atoms with Crippen LogP contribution in [-0.2, 0) is 0 Å². The quantitative estimate of drug-likeness (QED) is 0.531. The molecule has 1 aromatic rings. The minimum absolute atomic E-state index is 0.0573. The van der Waals surface area contributed by atoms with E-state index in [4.69, 9.17) is 16.9 Å². The summed E-state index contributed by atoms with van der Waals surface area (Å²) in [5.41, 5.74) is 11.8. The van der Waals surface area contributed by atoms with Crippen LogP contribution < -0.4 is 11.5 Å². The van der Waals surface area contributed by atoms with Gasteiger partial charge in [-0.05, 0) is 12.0 Å². The fourth-order valence-corrected chi connectivity index (χ4v) is 2.14. The molecule has 0 bridgehead atoms. The van der Waals surface area contributed by atoms with E-state index in [2.05, 4.69) is 17.1 Å². The van der Waals surface area contributed by atoms with Gasteiger partial charge in [-0.15, -0.1) is 0 Å². The second kappa shape index (κ2) is 7.41. The first-order valence-corrected chi connectivity index (χ1v) is 6.65. The van der Waals surface area contributed by atoms with Crippen molar-refractivity contribution in [3.63, 3.8) is 0 Å². The molecule has 0 amide bonds. The van der Waals surface area contributed by atoms with Gasteiger partial charge in [0, 0.05) is 19.0 Å². The Morgan fingerprint density at radius 1 is 1.26 bits per heavy atom. The van der Waals surface area contributed by atoms with Gasteiger partial charge in [0.2, 0.25) is 5.96 Å². The molecule has 1 heterocycles. The number of nitrogens with zero attached hydrogens (tertiary/aromatic N) is 2. The van der Waals surface area contributed by atoms with Gasteiger partial charge in [-0.2, -0.15) is 4.99 Å². The number of hydrogen-bond acceptors (Lipinski definition) is 1. The molecule has 1 saturated heterocycles. The molecule has 1 fully saturated rings. The topological polar surface area (TPSA) is 91.5 Å². The summed E-state index contributed by atoms with van der Waals surface area (Å²) in [7, 11) is 0. The van der Waals surface area contributed by atoms with E-state index in [1.807, 2.05) is 36.9 Å². The third-order valence-corrected chi connectivity index (χ3v) is 2.99. The number of hydrogen-bond donors (Lipinski definition) is 3. The summed E-state index contributed by atoms with van der Waals surface area (Å²) < 4.78 is 0. The zero-order valence-corrected chi connectivity index (χ0v) is 11.6. The molecule has 0 saturated carbocycles. The predicted molar refractivity (Wildman–Crippen MR) is 80.3 cm³/mol. The summed E-state index contributed by atoms with van der Waals surface area (Å²) in [5, 5.41) is 7.75. The highest BCUT2D eigenvalue weighted by Gasteiger charge is 2.25. The minimum Gasteiger partial charge on any atom is -0.370 e. The molecular weight excluding hydrogens is 238 g/mol. The highest BCUT2D eigenvalue weighted by Crippen LogP contribution is 2.26. The second-order valence-electron chi connectivity index (χ2n) is 4.20. The smallest absolute Gasteiger partial charge is 0.221 e. The number of likely N-dealkylation sites (tertiary alicyclic amines) is 1. The van der Waals surface area contributed by atoms with E-state index in [1.165, 1.54) is 5.56 Å². The van der Waals surface area contributed by atoms with Crippen LogP contribution in [0.4, 0.5) is 0 Å². The maximum Gasteiger partial charge on any atom is 0.221 e. The second-order valence-corrected chi connectivity index (χ2v) is 4.20. The summed E-state index contributed by atoms with van der Waals surface area (Å²) in [4.78, 5) is 5.67. The van der Waals surface area contributed by atoms with E-state index < -0.39 is 0 Å². The van der Waals surface area contributed by atoms with Crippen molar-refractivity contribution in [2.24, 2.45) is 16.5 Å². The van der Waals surface area contributed by atoms with Crippen molar-refractivity contribution < 1.29 is 0 Å². The molecule has 0 radical (unpaired) electrons. The monoisotopic (exact) mass is 261 g/mol. The van der Waals surface area contributed by atoms with Crippen LogP contribution in [0.2, 0.25) is 0 Å². The van der Waals surface area contributed by atoms with Crippen molar-refractivity contribution >= 4 is 11.9 Å². The summed E-state index contributed by atoms with van der Waals surface area (Å²) in [6.45, 7) is 5.63. The number of aliphatic imine (C=N–C) groups is 1. The van der Waals surface area contributed by atoms with Crippen LogP contribution in [0.3, 0.4) is 0 Å². The lowest BCUT2D eigenvalue weighted by atomic mass is 9.99. The molecule has 2 rings (SSSR count). The molecule has 1 aliphatic heterocycles. The van der Waals surface area contributed by atoms with Crippen molar-refractivity contribution in [3.05, 3.63) is 35.9 Å². The number of guanidine groups is 2. The number of nitrogens with one attached hydrogen (secondary N) is 1. The Bertz CT molecular complexity index is 423. The molecule has 0 aliphatic carbocycles. The third kappa shape index (κ3) is 4.28. The van der Waals surface area contributed by atoms with E-state index in [9.17, 15) is 0 Å². The normalized spacial score (nSPS) is 17.4. The van der Waals surface area contributed by atoms with Gasteiger partial charge in [0.05, 0.1) is 0 Å². The standard InChI is InChI=1S/C12H17N5.C2H6/c13-11(14)16-12(15)17-7-6-10(8-17)9-4-2-1-3-5-9;1-2/h1-5,10H,6-8H2,(H5,13,14,15,16);1-2H3. The lowest BCUT2D eigenvalue weighted by Gasteiger charge is -2.16. The molecule has 0 aromatic heterocycles. The summed E-state index contributed by atoms with van der Waals surface area (Å²) in [5.74, 6) is 0.562. The molecule has 1 aromatic carbocycles. The Morgan fingerprint density at radius 3 is 2.47 bits per heavy atom. The van der Waals surface area contributed by atoms with Gasteiger partial charge >= 0.3 is 0 Å². The zero-order valence-electron chi connectivity index (χ0n) is 11.6. The van der Waals surface area contributed by atoms with Gasteiger partial charge in [0.15, 0.2) is 5.96 Å². The zero-order chi connectivity index (χ0) is 14.3. The van der Waals surface area contributed by atoms with E-state index in [0.717, 1.165) is 19.5 Å². The predicted octanol–water partition coefficient (Wildman–Crippen LogP) is 1.71. The molecule has 1 aliphatic rings. The fraction of sp³-hybridized carbons (Fsp3) is 0.429. The molecule has 1 unspecified atom stereocenters. The van der Waals surface area contributed by atoms with Crippen molar-refractivity contribution in [3.8, 4) is 0 Å². The molecule has 5 N–H and O–H groups in total. The molecule has 0 spiro atoms. The average Bonchev–Trinajstić information content (AvgIpc) is 2.91. The third-order valence-electron chi connectivity index (χ3n) is 2.99. The molecule has 104 valence electrons. The van der Waals surface area contributed by atoms with Crippen molar-refractivity contribution in [1.82, 2.24) is 4.90 Å². The van der Waals surface area contributed by atoms with Crippen LogP contribution >= 0.6 is 0 Å². The van der Waals surface area contributed by atoms with Crippen LogP contribution in [-0.4, -0.2) is 29.9 Å². The van der Waals surface area contributed by atoms with Crippen LogP contribution in [0.5, 0.6) is 0 Å². The van der Waals surface area contributed by atoms with Gasteiger partial charge in [-0.3, -0.25) is 5.41 Å². The van der Waals surface area contributed by atoms with Gasteiger partial charge in [0.1, 0.15) is 0 Å². The van der Waals surface area contributed by atoms with Gasteiger partial charge < -0.3 is 16.4 Å². The molecule has 5 heteroatoms. The van der Waals surface area contributed by atoms with E-state index in [1.54, 1.807) is 0 Å². The van der Waals surface area contributed by atoms with E-state index in [0.29, 0.717) is 5.92 Å². The lowest BCUT2D eigenvalue weighted by molar-refractivity contribution is 0.501. The van der Waals surface area contributed by atoms with E-state index in [-0.39, 0.29) is 11.9 Å². The Labute approximate surface area is 114 Å². The van der Waals surface area contributed by atoms with Crippen LogP contribution in [0.25, 0.3) is 0 Å². The summed E-state index contributed by atoms with van der Waals surface area (Å²) in [6, 6.07) is 10.3. The first kappa shape index (κ1) is 15.0. The van der Waals surface area contributed by atoms with Gasteiger partial charge in [-0.25, -0.2) is 0 Å². The Hall–Kier alpha value is -2.04. The highest BCUT2D eigenvalue weighted by atomic mass is 15.3. The first-order chi connectivity index (χ1) is 9.16. The molecular formula is C14H23N5. The fourth-order valence-electron chi connectivity index (χ4n) is 2.14. The summed E-state index contributed by atoms with van der Waals surface area (Å²) in [6.07, 6.45) is 1.03. The maximum absolute atomic E-state index is 7.75. The average molecular weight is 261 g/mol. The first-order valence-electron chi connectivity index (χ1n) is 6.65. The lowest BCUT2D eigenvalue weighted by Crippen LogP contribution is -2.31. The Kier molecular flexibility index (Phi) is 5.85. The Balaban J connectivity index is 0.000000861. The van der Waals surface area contributed by atoms with Crippen LogP contribution in [0.15, 0.2) is 35.3 Å². The van der Waals surface area contributed by atoms with Crippen molar-refractivity contribution in [2.45, 2.75) is 26.2 Å². The SMILES string of the molecule is CC.N=C(N=C(N)N)N1CCC(c2ccccc2)C1. The van der Waals surface area contributed by atoms with Crippen LogP contribution in [0.1, 0.15) is 31.7 Å². The highest BCUT2D eigenvalue weighted by molar-refractivity contribution is 5.91. The van der Waals surface area contributed by atoms with Gasteiger partial charge in [-0.1, -0.05) is 44.2 Å². The summed E-state index contributed by atoms with van der Waals surface area (Å²) >= 11 is 0. The van der Waals surface area contributed by atoms with Crippen LogP contribution in [0, 0.1) is 5.41 Å². The van der Waals surface area contributed by atoms with E-state index >= 15 is 0 Å². The Morgan fingerprint density at radius 2 is 1.89 bits per heavy atom. The van der Waals surface area contributed by atoms with Crippen molar-refractivity contribution in [2.75, 3.05) is 13.1 Å². The number of rotatable bonds is 1. The maximum atomic E-state index is 7.75. The molecule has 19 heavy (non-hydrogen) atoms. The number of nitrogens with two attached hydrogens (primary N) is 2. The number of benzene rings is 1. The minimum atomic E-state index is -0.0573. The largest absolute Gasteiger partial charge is 0.370 e. The molecule has 1 atom stereocenters. The molecule has 5 nitrogen and oxygen atoms in total.